The highest BCUT2D eigenvalue weighted by atomic mass is 32.1. The van der Waals surface area contributed by atoms with Gasteiger partial charge in [-0.3, -0.25) is 4.79 Å². The number of para-hydroxylation sites is 1. The van der Waals surface area contributed by atoms with E-state index in [4.69, 9.17) is 4.74 Å². The van der Waals surface area contributed by atoms with E-state index in [1.807, 2.05) is 73.0 Å². The highest BCUT2D eigenvalue weighted by Gasteiger charge is 2.19. The Labute approximate surface area is 190 Å². The van der Waals surface area contributed by atoms with Crippen LogP contribution in [0.4, 0.5) is 5.69 Å². The second kappa shape index (κ2) is 9.62. The molecule has 4 aromatic rings. The summed E-state index contributed by atoms with van der Waals surface area (Å²) < 4.78 is 6.90. The fourth-order valence-corrected chi connectivity index (χ4v) is 4.11. The largest absolute Gasteiger partial charge is 0.461 e. The molecule has 32 heavy (non-hydrogen) atoms. The summed E-state index contributed by atoms with van der Waals surface area (Å²) in [5.74, 6) is -0.550. The van der Waals surface area contributed by atoms with Gasteiger partial charge in [-0.05, 0) is 55.1 Å². The number of aromatic nitrogens is 2. The van der Waals surface area contributed by atoms with E-state index in [2.05, 4.69) is 10.4 Å². The number of anilines is 1. The lowest BCUT2D eigenvalue weighted by molar-refractivity contribution is -0.115. The Balaban J connectivity index is 1.69. The third kappa shape index (κ3) is 4.78. The molecule has 0 spiro atoms. The van der Waals surface area contributed by atoms with Crippen LogP contribution in [-0.2, 0) is 16.0 Å². The predicted molar refractivity (Wildman–Crippen MR) is 126 cm³/mol. The topological polar surface area (TPSA) is 73.2 Å². The Kier molecular flexibility index (Phi) is 6.47. The summed E-state index contributed by atoms with van der Waals surface area (Å²) >= 11 is 1.56. The molecular formula is C25H23N3O3S. The molecule has 1 N–H and O–H groups in total. The molecule has 2 aromatic carbocycles. The standard InChI is InChI=1S/C25H23N3O3S/c1-3-31-25(30)21-16-23(28(27-21)22-12-5-4-8-17(22)2)18-9-6-10-19(14-18)26-24(29)15-20-11-7-13-32-20/h4-14,16H,3,15H2,1-2H3,(H,26,29). The quantitative estimate of drug-likeness (QED) is 0.394. The SMILES string of the molecule is CCOC(=O)c1cc(-c2cccc(NC(=O)Cc3cccs3)c2)n(-c2ccccc2C)n1. The summed E-state index contributed by atoms with van der Waals surface area (Å²) in [4.78, 5) is 25.8. The zero-order valence-corrected chi connectivity index (χ0v) is 18.7. The van der Waals surface area contributed by atoms with E-state index in [1.54, 1.807) is 29.0 Å². The maximum Gasteiger partial charge on any atom is 0.358 e. The second-order valence-electron chi connectivity index (χ2n) is 7.22. The Bertz CT molecular complexity index is 1250. The van der Waals surface area contributed by atoms with Crippen molar-refractivity contribution >= 4 is 28.9 Å². The number of rotatable bonds is 7. The van der Waals surface area contributed by atoms with Crippen LogP contribution in [-0.4, -0.2) is 28.3 Å². The normalized spacial score (nSPS) is 10.7. The molecule has 0 radical (unpaired) electrons. The average Bonchev–Trinajstić information content (AvgIpc) is 3.44. The van der Waals surface area contributed by atoms with Gasteiger partial charge < -0.3 is 10.1 Å². The smallest absolute Gasteiger partial charge is 0.358 e. The molecule has 0 saturated carbocycles. The van der Waals surface area contributed by atoms with Crippen LogP contribution in [0, 0.1) is 6.92 Å². The van der Waals surface area contributed by atoms with Gasteiger partial charge in [0.1, 0.15) is 0 Å². The number of carbonyl (C=O) groups is 2. The fourth-order valence-electron chi connectivity index (χ4n) is 3.41. The van der Waals surface area contributed by atoms with E-state index >= 15 is 0 Å². The molecule has 0 atom stereocenters. The molecule has 162 valence electrons. The Morgan fingerprint density at radius 2 is 1.91 bits per heavy atom. The van der Waals surface area contributed by atoms with Crippen LogP contribution < -0.4 is 5.32 Å². The number of nitrogens with zero attached hydrogens (tertiary/aromatic N) is 2. The molecule has 6 nitrogen and oxygen atoms in total. The van der Waals surface area contributed by atoms with Crippen molar-refractivity contribution in [2.75, 3.05) is 11.9 Å². The van der Waals surface area contributed by atoms with Crippen LogP contribution in [0.15, 0.2) is 72.1 Å². The van der Waals surface area contributed by atoms with E-state index < -0.39 is 5.97 Å². The lowest BCUT2D eigenvalue weighted by Gasteiger charge is -2.11. The van der Waals surface area contributed by atoms with Crippen LogP contribution in [0.3, 0.4) is 0 Å². The first-order valence-corrected chi connectivity index (χ1v) is 11.2. The predicted octanol–water partition coefficient (Wildman–Crippen LogP) is 5.27. The maximum absolute atomic E-state index is 12.4. The minimum atomic E-state index is -0.471. The molecule has 0 aliphatic rings. The number of aryl methyl sites for hydroxylation is 1. The first kappa shape index (κ1) is 21.5. The van der Waals surface area contributed by atoms with E-state index in [-0.39, 0.29) is 18.2 Å². The lowest BCUT2D eigenvalue weighted by Crippen LogP contribution is -2.13. The number of esters is 1. The van der Waals surface area contributed by atoms with Gasteiger partial charge in [0.05, 0.1) is 24.4 Å². The van der Waals surface area contributed by atoms with Crippen LogP contribution in [0.5, 0.6) is 0 Å². The minimum Gasteiger partial charge on any atom is -0.461 e. The van der Waals surface area contributed by atoms with Crippen molar-refractivity contribution in [2.45, 2.75) is 20.3 Å². The van der Waals surface area contributed by atoms with Crippen molar-refractivity contribution < 1.29 is 14.3 Å². The number of hydrogen-bond donors (Lipinski definition) is 1. The van der Waals surface area contributed by atoms with Crippen LogP contribution in [0.1, 0.15) is 27.9 Å². The van der Waals surface area contributed by atoms with E-state index in [9.17, 15) is 9.59 Å². The number of thiophene rings is 1. The Morgan fingerprint density at radius 1 is 1.06 bits per heavy atom. The molecule has 4 rings (SSSR count). The van der Waals surface area contributed by atoms with E-state index in [0.717, 1.165) is 27.4 Å². The molecule has 0 aliphatic carbocycles. The number of carbonyl (C=O) groups excluding carboxylic acids is 2. The highest BCUT2D eigenvalue weighted by molar-refractivity contribution is 7.10. The molecule has 0 unspecified atom stereocenters. The molecular weight excluding hydrogens is 422 g/mol. The monoisotopic (exact) mass is 445 g/mol. The van der Waals surface area contributed by atoms with Crippen LogP contribution in [0.25, 0.3) is 16.9 Å². The minimum absolute atomic E-state index is 0.0794. The number of hydrogen-bond acceptors (Lipinski definition) is 5. The maximum atomic E-state index is 12.4. The number of amides is 1. The van der Waals surface area contributed by atoms with Gasteiger partial charge in [0.2, 0.25) is 5.91 Å². The molecule has 0 bridgehead atoms. The van der Waals surface area contributed by atoms with Gasteiger partial charge in [0, 0.05) is 16.1 Å². The molecule has 1 amide bonds. The highest BCUT2D eigenvalue weighted by Crippen LogP contribution is 2.28. The molecule has 2 heterocycles. The van der Waals surface area contributed by atoms with Gasteiger partial charge in [-0.15, -0.1) is 11.3 Å². The van der Waals surface area contributed by atoms with Crippen molar-refractivity contribution in [3.05, 3.63) is 88.2 Å². The molecule has 2 aromatic heterocycles. The Hall–Kier alpha value is -3.71. The van der Waals surface area contributed by atoms with Crippen molar-refractivity contribution in [3.8, 4) is 16.9 Å². The molecule has 0 saturated heterocycles. The zero-order chi connectivity index (χ0) is 22.5. The summed E-state index contributed by atoms with van der Waals surface area (Å²) in [6.45, 7) is 4.03. The summed E-state index contributed by atoms with van der Waals surface area (Å²) in [5, 5.41) is 9.45. The van der Waals surface area contributed by atoms with Gasteiger partial charge in [0.25, 0.3) is 0 Å². The van der Waals surface area contributed by atoms with Gasteiger partial charge in [-0.1, -0.05) is 36.4 Å². The van der Waals surface area contributed by atoms with Crippen molar-refractivity contribution in [3.63, 3.8) is 0 Å². The summed E-state index contributed by atoms with van der Waals surface area (Å²) in [6.07, 6.45) is 0.329. The number of nitrogens with one attached hydrogen (secondary N) is 1. The third-order valence-electron chi connectivity index (χ3n) is 4.89. The average molecular weight is 446 g/mol. The van der Waals surface area contributed by atoms with E-state index in [0.29, 0.717) is 12.1 Å². The fraction of sp³-hybridized carbons (Fsp3) is 0.160. The van der Waals surface area contributed by atoms with Crippen molar-refractivity contribution in [1.29, 1.82) is 0 Å². The van der Waals surface area contributed by atoms with Gasteiger partial charge in [0.15, 0.2) is 5.69 Å². The lowest BCUT2D eigenvalue weighted by atomic mass is 10.1. The zero-order valence-electron chi connectivity index (χ0n) is 17.9. The Morgan fingerprint density at radius 3 is 2.66 bits per heavy atom. The second-order valence-corrected chi connectivity index (χ2v) is 8.25. The van der Waals surface area contributed by atoms with Crippen LogP contribution >= 0.6 is 11.3 Å². The van der Waals surface area contributed by atoms with E-state index in [1.165, 1.54) is 0 Å². The molecule has 0 aliphatic heterocycles. The van der Waals surface area contributed by atoms with Gasteiger partial charge in [-0.25, -0.2) is 9.48 Å². The third-order valence-corrected chi connectivity index (χ3v) is 5.77. The van der Waals surface area contributed by atoms with Crippen LogP contribution in [0.2, 0.25) is 0 Å². The number of benzene rings is 2. The first-order valence-electron chi connectivity index (χ1n) is 10.3. The molecule has 0 fully saturated rings. The summed E-state index contributed by atoms with van der Waals surface area (Å²) in [5.41, 5.74) is 4.36. The van der Waals surface area contributed by atoms with Crippen molar-refractivity contribution in [2.24, 2.45) is 0 Å². The first-order chi connectivity index (χ1) is 15.5. The van der Waals surface area contributed by atoms with Gasteiger partial charge in [-0.2, -0.15) is 5.10 Å². The van der Waals surface area contributed by atoms with Crippen molar-refractivity contribution in [1.82, 2.24) is 9.78 Å². The summed E-state index contributed by atoms with van der Waals surface area (Å²) in [7, 11) is 0. The summed E-state index contributed by atoms with van der Waals surface area (Å²) in [6, 6.07) is 20.9. The van der Waals surface area contributed by atoms with Gasteiger partial charge >= 0.3 is 5.97 Å². The molecule has 7 heteroatoms. The number of ether oxygens (including phenoxy) is 1.